The number of amides is 1. The van der Waals surface area contributed by atoms with Crippen LogP contribution in [0.5, 0.6) is 5.75 Å². The third kappa shape index (κ3) is 2.89. The summed E-state index contributed by atoms with van der Waals surface area (Å²) in [5.41, 5.74) is 0.0246. The highest BCUT2D eigenvalue weighted by Crippen LogP contribution is 2.22. The number of nitrogens with zero attached hydrogens (tertiary/aromatic N) is 1. The van der Waals surface area contributed by atoms with Gasteiger partial charge in [0.15, 0.2) is 5.75 Å². The molecule has 2 heterocycles. The number of halogens is 1. The van der Waals surface area contributed by atoms with E-state index in [9.17, 15) is 19.1 Å². The van der Waals surface area contributed by atoms with Gasteiger partial charge in [-0.3, -0.25) is 14.6 Å². The van der Waals surface area contributed by atoms with Crippen molar-refractivity contribution in [3.8, 4) is 5.75 Å². The second-order valence-corrected chi connectivity index (χ2v) is 4.89. The minimum absolute atomic E-state index is 0.0955. The Bertz CT molecular complexity index is 935. The fraction of sp³-hybridized carbons (Fsp3) is 0.0625. The molecule has 0 bridgehead atoms. The van der Waals surface area contributed by atoms with Crippen LogP contribution in [0.25, 0.3) is 11.0 Å². The van der Waals surface area contributed by atoms with Crippen LogP contribution in [0.4, 0.5) is 4.39 Å². The molecule has 6 nitrogen and oxygen atoms in total. The molecule has 0 saturated heterocycles. The van der Waals surface area contributed by atoms with Gasteiger partial charge in [-0.05, 0) is 29.8 Å². The molecule has 0 spiro atoms. The standard InChI is InChI=1S/C16H12FN3O3/c17-10-5-3-9(4-6-10)8-19-15(22)12-14(21)13-11(20-16(12)23)2-1-7-18-13/h1-7H,8H2,(H,19,22)(H2,20,21,23). The second kappa shape index (κ2) is 5.88. The van der Waals surface area contributed by atoms with Crippen molar-refractivity contribution in [2.75, 3.05) is 0 Å². The summed E-state index contributed by atoms with van der Waals surface area (Å²) in [7, 11) is 0. The van der Waals surface area contributed by atoms with E-state index in [1.807, 2.05) is 0 Å². The Morgan fingerprint density at radius 2 is 2.00 bits per heavy atom. The second-order valence-electron chi connectivity index (χ2n) is 4.89. The van der Waals surface area contributed by atoms with Crippen molar-refractivity contribution in [3.63, 3.8) is 0 Å². The van der Waals surface area contributed by atoms with Gasteiger partial charge in [0.1, 0.15) is 16.9 Å². The van der Waals surface area contributed by atoms with Crippen LogP contribution >= 0.6 is 0 Å². The number of nitrogens with one attached hydrogen (secondary N) is 2. The lowest BCUT2D eigenvalue weighted by molar-refractivity contribution is 0.0947. The summed E-state index contributed by atoms with van der Waals surface area (Å²) in [5, 5.41) is 12.7. The summed E-state index contributed by atoms with van der Waals surface area (Å²) in [6.45, 7) is 0.0955. The molecule has 116 valence electrons. The first kappa shape index (κ1) is 14.7. The van der Waals surface area contributed by atoms with E-state index < -0.39 is 22.8 Å². The Labute approximate surface area is 129 Å². The number of aromatic amines is 1. The fourth-order valence-electron chi connectivity index (χ4n) is 2.19. The van der Waals surface area contributed by atoms with E-state index in [4.69, 9.17) is 0 Å². The molecule has 0 saturated carbocycles. The average molecular weight is 313 g/mol. The molecule has 3 aromatic rings. The zero-order valence-corrected chi connectivity index (χ0v) is 11.8. The third-order valence-corrected chi connectivity index (χ3v) is 3.34. The first-order valence-corrected chi connectivity index (χ1v) is 6.79. The molecule has 2 aromatic heterocycles. The molecule has 3 N–H and O–H groups in total. The number of benzene rings is 1. The summed E-state index contributed by atoms with van der Waals surface area (Å²) >= 11 is 0. The topological polar surface area (TPSA) is 95.1 Å². The van der Waals surface area contributed by atoms with E-state index >= 15 is 0 Å². The molecule has 0 unspecified atom stereocenters. The van der Waals surface area contributed by atoms with Crippen LogP contribution in [0.2, 0.25) is 0 Å². The van der Waals surface area contributed by atoms with E-state index in [1.54, 1.807) is 12.1 Å². The van der Waals surface area contributed by atoms with E-state index in [1.165, 1.54) is 30.5 Å². The van der Waals surface area contributed by atoms with Crippen LogP contribution in [-0.4, -0.2) is 21.0 Å². The lowest BCUT2D eigenvalue weighted by atomic mass is 10.1. The number of hydrogen-bond acceptors (Lipinski definition) is 4. The van der Waals surface area contributed by atoms with Crippen molar-refractivity contribution in [2.45, 2.75) is 6.54 Å². The largest absolute Gasteiger partial charge is 0.505 e. The van der Waals surface area contributed by atoms with Gasteiger partial charge in [0.2, 0.25) is 0 Å². The Morgan fingerprint density at radius 3 is 2.74 bits per heavy atom. The molecule has 0 aliphatic rings. The highest BCUT2D eigenvalue weighted by Gasteiger charge is 2.19. The van der Waals surface area contributed by atoms with Gasteiger partial charge in [0, 0.05) is 12.7 Å². The van der Waals surface area contributed by atoms with Crippen LogP contribution in [0.1, 0.15) is 15.9 Å². The Hall–Kier alpha value is -3.22. The van der Waals surface area contributed by atoms with Gasteiger partial charge in [-0.25, -0.2) is 4.39 Å². The fourth-order valence-corrected chi connectivity index (χ4v) is 2.19. The van der Waals surface area contributed by atoms with Gasteiger partial charge < -0.3 is 15.4 Å². The number of aromatic nitrogens is 2. The van der Waals surface area contributed by atoms with Crippen LogP contribution < -0.4 is 10.9 Å². The molecular weight excluding hydrogens is 301 g/mol. The SMILES string of the molecule is O=C(NCc1ccc(F)cc1)c1c(O)c2ncccc2[nH]c1=O. The van der Waals surface area contributed by atoms with Crippen molar-refractivity contribution >= 4 is 16.9 Å². The minimum Gasteiger partial charge on any atom is -0.505 e. The van der Waals surface area contributed by atoms with E-state index in [0.29, 0.717) is 11.1 Å². The van der Waals surface area contributed by atoms with Crippen LogP contribution in [0, 0.1) is 5.82 Å². The molecule has 0 fully saturated rings. The number of rotatable bonds is 3. The lowest BCUT2D eigenvalue weighted by Crippen LogP contribution is -2.29. The molecule has 0 atom stereocenters. The molecule has 0 radical (unpaired) electrons. The predicted octanol–water partition coefficient (Wildman–Crippen LogP) is 1.70. The van der Waals surface area contributed by atoms with Gasteiger partial charge in [-0.1, -0.05) is 12.1 Å². The number of pyridine rings is 2. The van der Waals surface area contributed by atoms with Crippen LogP contribution in [0.3, 0.4) is 0 Å². The lowest BCUT2D eigenvalue weighted by Gasteiger charge is -2.08. The number of carbonyl (C=O) groups excluding carboxylic acids is 1. The van der Waals surface area contributed by atoms with Crippen molar-refractivity contribution in [3.05, 3.63) is 69.9 Å². The molecule has 0 aliphatic carbocycles. The van der Waals surface area contributed by atoms with Crippen molar-refractivity contribution in [1.29, 1.82) is 0 Å². The average Bonchev–Trinajstić information content (AvgIpc) is 2.54. The maximum atomic E-state index is 12.8. The van der Waals surface area contributed by atoms with Crippen LogP contribution in [0.15, 0.2) is 47.4 Å². The minimum atomic E-state index is -0.736. The zero-order chi connectivity index (χ0) is 16.4. The highest BCUT2D eigenvalue weighted by molar-refractivity contribution is 6.00. The van der Waals surface area contributed by atoms with Crippen molar-refractivity contribution < 1.29 is 14.3 Å². The van der Waals surface area contributed by atoms with E-state index in [0.717, 1.165) is 0 Å². The van der Waals surface area contributed by atoms with E-state index in [-0.39, 0.29) is 17.9 Å². The maximum absolute atomic E-state index is 12.8. The molecule has 0 aliphatic heterocycles. The Morgan fingerprint density at radius 1 is 1.26 bits per heavy atom. The summed E-state index contributed by atoms with van der Waals surface area (Å²) < 4.78 is 12.8. The third-order valence-electron chi connectivity index (χ3n) is 3.34. The molecule has 7 heteroatoms. The zero-order valence-electron chi connectivity index (χ0n) is 11.8. The summed E-state index contributed by atoms with van der Waals surface area (Å²) in [6, 6.07) is 8.75. The molecule has 3 rings (SSSR count). The Balaban J connectivity index is 1.89. The predicted molar refractivity (Wildman–Crippen MR) is 81.6 cm³/mol. The maximum Gasteiger partial charge on any atom is 0.265 e. The monoisotopic (exact) mass is 313 g/mol. The molecule has 1 amide bonds. The van der Waals surface area contributed by atoms with Gasteiger partial charge in [-0.2, -0.15) is 0 Å². The van der Waals surface area contributed by atoms with Crippen molar-refractivity contribution in [2.24, 2.45) is 0 Å². The van der Waals surface area contributed by atoms with Gasteiger partial charge in [0.25, 0.3) is 11.5 Å². The number of fused-ring (bicyclic) bond motifs is 1. The summed E-state index contributed by atoms with van der Waals surface area (Å²) in [4.78, 5) is 30.6. The summed E-state index contributed by atoms with van der Waals surface area (Å²) in [5.74, 6) is -1.59. The van der Waals surface area contributed by atoms with Gasteiger partial charge >= 0.3 is 0 Å². The summed E-state index contributed by atoms with van der Waals surface area (Å²) in [6.07, 6.45) is 1.45. The Kier molecular flexibility index (Phi) is 3.76. The number of hydrogen-bond donors (Lipinski definition) is 3. The van der Waals surface area contributed by atoms with Crippen molar-refractivity contribution in [1.82, 2.24) is 15.3 Å². The first-order valence-electron chi connectivity index (χ1n) is 6.79. The van der Waals surface area contributed by atoms with Crippen LogP contribution in [-0.2, 0) is 6.54 Å². The molecule has 1 aromatic carbocycles. The van der Waals surface area contributed by atoms with Gasteiger partial charge in [-0.15, -0.1) is 0 Å². The molecular formula is C16H12FN3O3. The normalized spacial score (nSPS) is 10.7. The van der Waals surface area contributed by atoms with Gasteiger partial charge in [0.05, 0.1) is 5.52 Å². The number of carbonyl (C=O) groups is 1. The number of aromatic hydroxyl groups is 1. The number of H-pyrrole nitrogens is 1. The van der Waals surface area contributed by atoms with E-state index in [2.05, 4.69) is 15.3 Å². The highest BCUT2D eigenvalue weighted by atomic mass is 19.1. The smallest absolute Gasteiger partial charge is 0.265 e. The molecule has 23 heavy (non-hydrogen) atoms. The quantitative estimate of drug-likeness (QED) is 0.686. The first-order chi connectivity index (χ1) is 11.1.